The Morgan fingerprint density at radius 2 is 1.66 bits per heavy atom. The SMILES string of the molecule is CCC1C(=O)c2sc(C(N)=O)nc2C(=O)C1=NCCCN(C)CCCN=C1CC(=O)c2sc(C)nc2C1=O. The molecule has 200 valence electrons. The summed E-state index contributed by atoms with van der Waals surface area (Å²) in [5, 5.41) is 0.640. The number of nitrogens with zero attached hydrogens (tertiary/aromatic N) is 5. The zero-order valence-electron chi connectivity index (χ0n) is 21.4. The molecule has 0 saturated carbocycles. The van der Waals surface area contributed by atoms with Crippen LogP contribution in [0.5, 0.6) is 0 Å². The van der Waals surface area contributed by atoms with Gasteiger partial charge >= 0.3 is 0 Å². The number of fused-ring (bicyclic) bond motifs is 2. The van der Waals surface area contributed by atoms with Crippen LogP contribution in [0, 0.1) is 12.8 Å². The molecule has 0 bridgehead atoms. The van der Waals surface area contributed by atoms with Crippen LogP contribution in [0.2, 0.25) is 0 Å². The van der Waals surface area contributed by atoms with Gasteiger partial charge in [-0.15, -0.1) is 22.7 Å². The van der Waals surface area contributed by atoms with Crippen molar-refractivity contribution in [2.24, 2.45) is 21.6 Å². The van der Waals surface area contributed by atoms with Gasteiger partial charge in [-0.1, -0.05) is 6.92 Å². The normalized spacial score (nSPS) is 19.5. The number of thiazole rings is 2. The van der Waals surface area contributed by atoms with Crippen LogP contribution in [-0.2, 0) is 0 Å². The molecule has 4 rings (SSSR count). The van der Waals surface area contributed by atoms with E-state index in [0.717, 1.165) is 17.9 Å². The van der Waals surface area contributed by atoms with Gasteiger partial charge in [-0.05, 0) is 46.3 Å². The van der Waals surface area contributed by atoms with Crippen molar-refractivity contribution >= 4 is 63.1 Å². The summed E-state index contributed by atoms with van der Waals surface area (Å²) in [7, 11) is 1.96. The van der Waals surface area contributed by atoms with E-state index in [-0.39, 0.29) is 56.5 Å². The summed E-state index contributed by atoms with van der Waals surface area (Å²) in [6.45, 7) is 5.82. The van der Waals surface area contributed by atoms with Crippen molar-refractivity contribution in [3.63, 3.8) is 0 Å². The number of aryl methyl sites for hydroxylation is 1. The Morgan fingerprint density at radius 3 is 2.32 bits per heavy atom. The lowest BCUT2D eigenvalue weighted by atomic mass is 9.85. The maximum atomic E-state index is 13.0. The smallest absolute Gasteiger partial charge is 0.277 e. The molecule has 2 aromatic rings. The highest BCUT2D eigenvalue weighted by Gasteiger charge is 2.40. The van der Waals surface area contributed by atoms with Crippen molar-refractivity contribution in [3.8, 4) is 0 Å². The van der Waals surface area contributed by atoms with Gasteiger partial charge in [0.05, 0.1) is 28.8 Å². The fraction of sp³-hybridized carbons (Fsp3) is 0.480. The Balaban J connectivity index is 1.26. The molecule has 0 spiro atoms. The number of aromatic nitrogens is 2. The molecule has 0 saturated heterocycles. The van der Waals surface area contributed by atoms with Crippen LogP contribution in [0.3, 0.4) is 0 Å². The molecular formula is C25H28N6O5S2. The Morgan fingerprint density at radius 1 is 1.00 bits per heavy atom. The van der Waals surface area contributed by atoms with Gasteiger partial charge in [0.15, 0.2) is 16.6 Å². The summed E-state index contributed by atoms with van der Waals surface area (Å²) in [5.41, 5.74) is 5.93. The molecule has 2 aliphatic carbocycles. The second-order valence-electron chi connectivity index (χ2n) is 9.16. The summed E-state index contributed by atoms with van der Waals surface area (Å²) in [4.78, 5) is 81.8. The number of ketones is 4. The van der Waals surface area contributed by atoms with Crippen molar-refractivity contribution in [1.82, 2.24) is 14.9 Å². The minimum atomic E-state index is -0.770. The molecular weight excluding hydrogens is 528 g/mol. The lowest BCUT2D eigenvalue weighted by Gasteiger charge is -2.20. The first-order valence-corrected chi connectivity index (χ1v) is 14.0. The fourth-order valence-corrected chi connectivity index (χ4v) is 6.18. The average Bonchev–Trinajstić information content (AvgIpc) is 3.50. The van der Waals surface area contributed by atoms with Gasteiger partial charge < -0.3 is 10.6 Å². The number of hydrogen-bond donors (Lipinski definition) is 1. The van der Waals surface area contributed by atoms with Gasteiger partial charge in [-0.2, -0.15) is 0 Å². The van der Waals surface area contributed by atoms with Gasteiger partial charge in [0, 0.05) is 13.1 Å². The van der Waals surface area contributed by atoms with Crippen molar-refractivity contribution in [2.45, 2.75) is 39.5 Å². The molecule has 0 aliphatic heterocycles. The van der Waals surface area contributed by atoms with Crippen LogP contribution in [0.15, 0.2) is 9.98 Å². The molecule has 0 aromatic carbocycles. The van der Waals surface area contributed by atoms with Gasteiger partial charge in [-0.3, -0.25) is 34.0 Å². The highest BCUT2D eigenvalue weighted by atomic mass is 32.1. The first-order valence-electron chi connectivity index (χ1n) is 12.3. The lowest BCUT2D eigenvalue weighted by Crippen LogP contribution is -2.36. The van der Waals surface area contributed by atoms with Crippen molar-refractivity contribution in [3.05, 3.63) is 31.2 Å². The quantitative estimate of drug-likeness (QED) is 0.436. The lowest BCUT2D eigenvalue weighted by molar-refractivity contribution is 0.0919. The molecule has 1 amide bonds. The van der Waals surface area contributed by atoms with Gasteiger partial charge in [0.1, 0.15) is 21.1 Å². The summed E-state index contributed by atoms with van der Waals surface area (Å²) >= 11 is 2.11. The third kappa shape index (κ3) is 5.59. The highest BCUT2D eigenvalue weighted by molar-refractivity contribution is 7.16. The zero-order chi connectivity index (χ0) is 27.6. The van der Waals surface area contributed by atoms with Crippen molar-refractivity contribution < 1.29 is 24.0 Å². The fourth-order valence-electron chi connectivity index (χ4n) is 4.42. The minimum absolute atomic E-state index is 0.0237. The predicted molar refractivity (Wildman–Crippen MR) is 145 cm³/mol. The van der Waals surface area contributed by atoms with Gasteiger partial charge in [0.25, 0.3) is 5.91 Å². The second-order valence-corrected chi connectivity index (χ2v) is 11.4. The third-order valence-electron chi connectivity index (χ3n) is 6.34. The maximum Gasteiger partial charge on any atom is 0.277 e. The Labute approximate surface area is 227 Å². The van der Waals surface area contributed by atoms with E-state index < -0.39 is 17.6 Å². The van der Waals surface area contributed by atoms with Crippen molar-refractivity contribution in [2.75, 3.05) is 33.2 Å². The molecule has 1 atom stereocenters. The summed E-state index contributed by atoms with van der Waals surface area (Å²) in [6, 6.07) is 0. The number of nitrogens with two attached hydrogens (primary N) is 1. The molecule has 1 unspecified atom stereocenters. The van der Waals surface area contributed by atoms with Crippen LogP contribution in [0.25, 0.3) is 0 Å². The molecule has 2 aliphatic rings. The molecule has 38 heavy (non-hydrogen) atoms. The van der Waals surface area contributed by atoms with E-state index >= 15 is 0 Å². The van der Waals surface area contributed by atoms with Gasteiger partial charge in [-0.25, -0.2) is 9.97 Å². The highest BCUT2D eigenvalue weighted by Crippen LogP contribution is 2.30. The molecule has 11 nitrogen and oxygen atoms in total. The van der Waals surface area contributed by atoms with Crippen LogP contribution in [0.1, 0.15) is 87.7 Å². The maximum absolute atomic E-state index is 13.0. The van der Waals surface area contributed by atoms with Crippen LogP contribution < -0.4 is 5.73 Å². The van der Waals surface area contributed by atoms with E-state index in [1.54, 1.807) is 6.92 Å². The Bertz CT molecular complexity index is 1390. The standard InChI is InChI=1S/C25H28N6O5S2/c1-4-13-16(21(35)18-23(19(13)33)38-25(30-18)24(26)36)28-8-6-10-31(3)9-5-7-27-14-11-15(32)22-17(20(14)34)29-12(2)37-22/h13H,4-11H2,1-3H3,(H2,26,36). The molecule has 0 fully saturated rings. The van der Waals surface area contributed by atoms with E-state index in [1.165, 1.54) is 11.3 Å². The number of amides is 1. The molecule has 2 N–H and O–H groups in total. The summed E-state index contributed by atoms with van der Waals surface area (Å²) in [5.74, 6) is -2.44. The van der Waals surface area contributed by atoms with E-state index in [4.69, 9.17) is 5.73 Å². The van der Waals surface area contributed by atoms with E-state index in [1.807, 2.05) is 14.0 Å². The molecule has 2 aromatic heterocycles. The van der Waals surface area contributed by atoms with Gasteiger partial charge in [0.2, 0.25) is 11.6 Å². The third-order valence-corrected chi connectivity index (χ3v) is 8.43. The second kappa shape index (κ2) is 11.6. The monoisotopic (exact) mass is 556 g/mol. The largest absolute Gasteiger partial charge is 0.364 e. The first kappa shape index (κ1) is 27.7. The number of primary amides is 1. The number of rotatable bonds is 10. The number of Topliss-reactive ketones (excluding diaryl/α,β-unsaturated/α-hetero) is 4. The summed E-state index contributed by atoms with van der Waals surface area (Å²) in [6.07, 6.45) is 1.82. The molecule has 0 radical (unpaired) electrons. The summed E-state index contributed by atoms with van der Waals surface area (Å²) < 4.78 is 0. The Kier molecular flexibility index (Phi) is 8.48. The average molecular weight is 557 g/mol. The van der Waals surface area contributed by atoms with Crippen molar-refractivity contribution in [1.29, 1.82) is 0 Å². The minimum Gasteiger partial charge on any atom is -0.364 e. The van der Waals surface area contributed by atoms with Crippen LogP contribution in [-0.4, -0.2) is 88.6 Å². The number of carbonyl (C=O) groups excluding carboxylic acids is 5. The number of aliphatic imine (C=N–C) groups is 2. The number of hydrogen-bond acceptors (Lipinski definition) is 12. The van der Waals surface area contributed by atoms with Crippen LogP contribution >= 0.6 is 22.7 Å². The number of carbonyl (C=O) groups is 5. The van der Waals surface area contributed by atoms with Crippen LogP contribution in [0.4, 0.5) is 0 Å². The Hall–Kier alpha value is -3.29. The van der Waals surface area contributed by atoms with E-state index in [9.17, 15) is 24.0 Å². The zero-order valence-corrected chi connectivity index (χ0v) is 23.0. The molecule has 13 heteroatoms. The molecule has 2 heterocycles. The van der Waals surface area contributed by atoms with E-state index in [2.05, 4.69) is 24.9 Å². The first-order chi connectivity index (χ1) is 18.1. The van der Waals surface area contributed by atoms with E-state index in [0.29, 0.717) is 48.8 Å². The predicted octanol–water partition coefficient (Wildman–Crippen LogP) is 2.48. The topological polar surface area (TPSA) is 165 Å².